The summed E-state index contributed by atoms with van der Waals surface area (Å²) in [5, 5.41) is 3.31. The minimum atomic E-state index is -3.41. The van der Waals surface area contributed by atoms with E-state index in [9.17, 15) is 18.0 Å². The Kier molecular flexibility index (Phi) is 4.78. The van der Waals surface area contributed by atoms with Crippen LogP contribution >= 0.6 is 11.6 Å². The third-order valence-electron chi connectivity index (χ3n) is 4.70. The molecule has 0 bridgehead atoms. The Balaban J connectivity index is 1.89. The number of nitrogens with zero attached hydrogens (tertiary/aromatic N) is 2. The molecule has 2 fully saturated rings. The van der Waals surface area contributed by atoms with Gasteiger partial charge in [-0.05, 0) is 24.3 Å². The summed E-state index contributed by atoms with van der Waals surface area (Å²) < 4.78 is 25.5. The van der Waals surface area contributed by atoms with Crippen molar-refractivity contribution >= 4 is 33.4 Å². The van der Waals surface area contributed by atoms with E-state index in [1.807, 2.05) is 0 Å². The van der Waals surface area contributed by atoms with Crippen LogP contribution in [-0.2, 0) is 14.8 Å². The van der Waals surface area contributed by atoms with Gasteiger partial charge in [-0.15, -0.1) is 0 Å². The molecule has 0 radical (unpaired) electrons. The summed E-state index contributed by atoms with van der Waals surface area (Å²) in [4.78, 5) is 26.3. The highest BCUT2D eigenvalue weighted by molar-refractivity contribution is 7.88. The van der Waals surface area contributed by atoms with E-state index in [0.29, 0.717) is 23.7 Å². The van der Waals surface area contributed by atoms with Crippen LogP contribution < -0.4 is 5.32 Å². The molecule has 9 heteroatoms. The summed E-state index contributed by atoms with van der Waals surface area (Å²) in [6, 6.07) is 6.58. The van der Waals surface area contributed by atoms with Gasteiger partial charge < -0.3 is 10.2 Å². The van der Waals surface area contributed by atoms with Gasteiger partial charge in [-0.3, -0.25) is 9.59 Å². The molecule has 1 spiro atoms. The molecule has 1 unspecified atom stereocenters. The van der Waals surface area contributed by atoms with Crippen LogP contribution in [0.5, 0.6) is 0 Å². The molecule has 1 aromatic carbocycles. The van der Waals surface area contributed by atoms with Gasteiger partial charge in [-0.25, -0.2) is 8.42 Å². The van der Waals surface area contributed by atoms with Crippen molar-refractivity contribution in [2.24, 2.45) is 5.41 Å². The Bertz CT molecular complexity index is 796. The summed E-state index contributed by atoms with van der Waals surface area (Å²) >= 11 is 5.87. The Labute approximate surface area is 152 Å². The number of benzene rings is 1. The molecule has 1 atom stereocenters. The molecule has 2 aliphatic heterocycles. The minimum absolute atomic E-state index is 0.116. The van der Waals surface area contributed by atoms with Gasteiger partial charge in [0, 0.05) is 55.1 Å². The van der Waals surface area contributed by atoms with Gasteiger partial charge in [0.15, 0.2) is 0 Å². The second-order valence-electron chi connectivity index (χ2n) is 6.78. The molecule has 3 rings (SSSR count). The van der Waals surface area contributed by atoms with Crippen molar-refractivity contribution in [1.82, 2.24) is 14.5 Å². The number of sulfonamides is 1. The number of carbonyl (C=O) groups excluding carboxylic acids is 2. The van der Waals surface area contributed by atoms with Gasteiger partial charge in [-0.1, -0.05) is 11.6 Å². The van der Waals surface area contributed by atoms with E-state index in [1.165, 1.54) is 4.31 Å². The fourth-order valence-electron chi connectivity index (χ4n) is 3.43. The normalized spacial score (nSPS) is 25.0. The standard InChI is InChI=1S/C16H20ClN3O4S/c1-25(23,24)20-7-6-19(10-16(11-20)8-14(21)18-9-16)15(22)12-2-4-13(17)5-3-12/h2-5H,6-11H2,1H3,(H,18,21). The summed E-state index contributed by atoms with van der Waals surface area (Å²) in [5.41, 5.74) is -0.108. The maximum absolute atomic E-state index is 12.9. The lowest BCUT2D eigenvalue weighted by Crippen LogP contribution is -2.44. The maximum atomic E-state index is 12.9. The van der Waals surface area contributed by atoms with Gasteiger partial charge in [0.25, 0.3) is 5.91 Å². The van der Waals surface area contributed by atoms with Crippen LogP contribution in [0.25, 0.3) is 0 Å². The molecule has 0 saturated carbocycles. The van der Waals surface area contributed by atoms with Crippen molar-refractivity contribution in [2.45, 2.75) is 6.42 Å². The van der Waals surface area contributed by atoms with Crippen molar-refractivity contribution in [2.75, 3.05) is 39.0 Å². The zero-order chi connectivity index (χ0) is 18.2. The third-order valence-corrected chi connectivity index (χ3v) is 6.20. The van der Waals surface area contributed by atoms with E-state index < -0.39 is 15.4 Å². The van der Waals surface area contributed by atoms with Gasteiger partial charge in [-0.2, -0.15) is 4.31 Å². The number of nitrogens with one attached hydrogen (secondary N) is 1. The Morgan fingerprint density at radius 3 is 2.44 bits per heavy atom. The summed E-state index contributed by atoms with van der Waals surface area (Å²) in [5.74, 6) is -0.306. The number of halogens is 1. The fraction of sp³-hybridized carbons (Fsp3) is 0.500. The lowest BCUT2D eigenvalue weighted by molar-refractivity contribution is -0.119. The average molecular weight is 386 g/mol. The van der Waals surface area contributed by atoms with Crippen LogP contribution in [0.3, 0.4) is 0 Å². The van der Waals surface area contributed by atoms with Gasteiger partial charge in [0.1, 0.15) is 0 Å². The van der Waals surface area contributed by atoms with Crippen LogP contribution in [-0.4, -0.2) is 68.4 Å². The molecule has 1 aromatic rings. The highest BCUT2D eigenvalue weighted by Crippen LogP contribution is 2.32. The van der Waals surface area contributed by atoms with E-state index in [4.69, 9.17) is 11.6 Å². The quantitative estimate of drug-likeness (QED) is 0.806. The monoisotopic (exact) mass is 385 g/mol. The van der Waals surface area contributed by atoms with Gasteiger partial charge >= 0.3 is 0 Å². The van der Waals surface area contributed by atoms with Gasteiger partial charge in [0.2, 0.25) is 15.9 Å². The number of carbonyl (C=O) groups is 2. The molecule has 136 valence electrons. The lowest BCUT2D eigenvalue weighted by Gasteiger charge is -2.32. The van der Waals surface area contributed by atoms with Crippen molar-refractivity contribution in [1.29, 1.82) is 0 Å². The van der Waals surface area contributed by atoms with Crippen molar-refractivity contribution in [3.8, 4) is 0 Å². The molecule has 2 heterocycles. The van der Waals surface area contributed by atoms with Crippen molar-refractivity contribution < 1.29 is 18.0 Å². The second-order valence-corrected chi connectivity index (χ2v) is 9.20. The summed E-state index contributed by atoms with van der Waals surface area (Å²) in [6.45, 7) is 1.43. The second kappa shape index (κ2) is 6.59. The zero-order valence-electron chi connectivity index (χ0n) is 13.9. The molecule has 0 aromatic heterocycles. The predicted octanol–water partition coefficient (Wildman–Crippen LogP) is 0.564. The topological polar surface area (TPSA) is 86.8 Å². The number of amides is 2. The summed E-state index contributed by atoms with van der Waals surface area (Å²) in [6.07, 6.45) is 1.37. The maximum Gasteiger partial charge on any atom is 0.253 e. The smallest absolute Gasteiger partial charge is 0.253 e. The largest absolute Gasteiger partial charge is 0.355 e. The first kappa shape index (κ1) is 18.2. The number of hydrogen-bond acceptors (Lipinski definition) is 4. The van der Waals surface area contributed by atoms with E-state index in [0.717, 1.165) is 6.26 Å². The van der Waals surface area contributed by atoms with E-state index in [-0.39, 0.29) is 37.9 Å². The average Bonchev–Trinajstić information content (AvgIpc) is 2.78. The summed E-state index contributed by atoms with van der Waals surface area (Å²) in [7, 11) is -3.41. The van der Waals surface area contributed by atoms with Crippen LogP contribution in [0.15, 0.2) is 24.3 Å². The lowest BCUT2D eigenvalue weighted by atomic mass is 9.86. The Morgan fingerprint density at radius 2 is 1.88 bits per heavy atom. The van der Waals surface area contributed by atoms with Crippen LogP contribution in [0.4, 0.5) is 0 Å². The first-order valence-electron chi connectivity index (χ1n) is 7.95. The van der Waals surface area contributed by atoms with Crippen LogP contribution in [0, 0.1) is 5.41 Å². The van der Waals surface area contributed by atoms with Gasteiger partial charge in [0.05, 0.1) is 6.26 Å². The van der Waals surface area contributed by atoms with Crippen molar-refractivity contribution in [3.05, 3.63) is 34.9 Å². The number of rotatable bonds is 2. The predicted molar refractivity (Wildman–Crippen MR) is 93.8 cm³/mol. The first-order valence-corrected chi connectivity index (χ1v) is 10.2. The molecule has 2 saturated heterocycles. The molecule has 25 heavy (non-hydrogen) atoms. The highest BCUT2D eigenvalue weighted by atomic mass is 35.5. The van der Waals surface area contributed by atoms with Crippen LogP contribution in [0.2, 0.25) is 5.02 Å². The Morgan fingerprint density at radius 1 is 1.20 bits per heavy atom. The van der Waals surface area contributed by atoms with E-state index in [1.54, 1.807) is 29.2 Å². The molecular weight excluding hydrogens is 366 g/mol. The molecule has 2 amide bonds. The third kappa shape index (κ3) is 3.96. The van der Waals surface area contributed by atoms with Crippen LogP contribution in [0.1, 0.15) is 16.8 Å². The fourth-order valence-corrected chi connectivity index (χ4v) is 4.47. The zero-order valence-corrected chi connectivity index (χ0v) is 15.4. The minimum Gasteiger partial charge on any atom is -0.355 e. The number of hydrogen-bond donors (Lipinski definition) is 1. The molecular formula is C16H20ClN3O4S. The Hall–Kier alpha value is -1.64. The van der Waals surface area contributed by atoms with E-state index >= 15 is 0 Å². The first-order chi connectivity index (χ1) is 11.7. The van der Waals surface area contributed by atoms with Crippen molar-refractivity contribution in [3.63, 3.8) is 0 Å². The van der Waals surface area contributed by atoms with E-state index in [2.05, 4.69) is 5.32 Å². The SMILES string of the molecule is CS(=O)(=O)N1CCN(C(=O)c2ccc(Cl)cc2)CC2(CNC(=O)C2)C1. The molecule has 2 aliphatic rings. The highest BCUT2D eigenvalue weighted by Gasteiger charge is 2.45. The molecule has 1 N–H and O–H groups in total. The molecule has 0 aliphatic carbocycles. The molecule has 7 nitrogen and oxygen atoms in total.